The van der Waals surface area contributed by atoms with Crippen LogP contribution in [-0.4, -0.2) is 42.4 Å². The molecule has 0 saturated carbocycles. The third kappa shape index (κ3) is 5.27. The Kier molecular flexibility index (Phi) is 7.59. The van der Waals surface area contributed by atoms with Gasteiger partial charge in [0, 0.05) is 19.3 Å². The van der Waals surface area contributed by atoms with E-state index >= 15 is 0 Å². The number of thiol groups is 1. The maximum atomic E-state index is 13.4. The summed E-state index contributed by atoms with van der Waals surface area (Å²) in [4.78, 5) is 33.5. The number of ether oxygens (including phenoxy) is 2. The number of para-hydroxylation sites is 1. The van der Waals surface area contributed by atoms with Gasteiger partial charge in [0.1, 0.15) is 21.2 Å². The van der Waals surface area contributed by atoms with Crippen molar-refractivity contribution in [1.29, 1.82) is 0 Å². The Morgan fingerprint density at radius 1 is 1.11 bits per heavy atom. The van der Waals surface area contributed by atoms with E-state index in [9.17, 15) is 9.59 Å². The minimum absolute atomic E-state index is 0.269. The van der Waals surface area contributed by atoms with Crippen LogP contribution in [0.4, 0.5) is 21.9 Å². The van der Waals surface area contributed by atoms with E-state index in [0.717, 1.165) is 28.9 Å². The lowest BCUT2D eigenvalue weighted by Gasteiger charge is -2.29. The summed E-state index contributed by atoms with van der Waals surface area (Å²) in [5.41, 5.74) is 2.74. The van der Waals surface area contributed by atoms with Gasteiger partial charge in [0.25, 0.3) is 5.91 Å². The number of aryl methyl sites for hydroxylation is 1. The fourth-order valence-corrected chi connectivity index (χ4v) is 5.30. The van der Waals surface area contributed by atoms with Crippen molar-refractivity contribution in [2.75, 3.05) is 35.7 Å². The predicted molar refractivity (Wildman–Crippen MR) is 150 cm³/mol. The van der Waals surface area contributed by atoms with E-state index in [1.165, 1.54) is 11.3 Å². The van der Waals surface area contributed by atoms with Crippen LogP contribution in [0.1, 0.15) is 21.7 Å². The van der Waals surface area contributed by atoms with Crippen LogP contribution >= 0.6 is 24.0 Å². The Bertz CT molecular complexity index is 1440. The van der Waals surface area contributed by atoms with Crippen molar-refractivity contribution >= 4 is 63.2 Å². The summed E-state index contributed by atoms with van der Waals surface area (Å²) in [6, 6.07) is 16.6. The number of rotatable bonds is 10. The van der Waals surface area contributed by atoms with E-state index in [0.29, 0.717) is 52.3 Å². The number of carbonyl (C=O) groups excluding carboxylic acids is 2. The highest BCUT2D eigenvalue weighted by Gasteiger charge is 2.33. The van der Waals surface area contributed by atoms with Gasteiger partial charge in [0.05, 0.1) is 29.1 Å². The number of pyridine rings is 1. The third-order valence-electron chi connectivity index (χ3n) is 5.82. The molecule has 1 aliphatic rings. The second-order valence-corrected chi connectivity index (χ2v) is 9.84. The second-order valence-electron chi connectivity index (χ2n) is 8.39. The Hall–Kier alpha value is -3.60. The van der Waals surface area contributed by atoms with Gasteiger partial charge in [-0.2, -0.15) is 12.6 Å². The quantitative estimate of drug-likeness (QED) is 0.168. The second kappa shape index (κ2) is 11.2. The lowest BCUT2D eigenvalue weighted by atomic mass is 10.1. The normalized spacial score (nSPS) is 12.5. The number of amides is 3. The van der Waals surface area contributed by atoms with Crippen molar-refractivity contribution in [1.82, 2.24) is 10.3 Å². The van der Waals surface area contributed by atoms with Crippen molar-refractivity contribution in [3.05, 3.63) is 71.2 Å². The lowest BCUT2D eigenvalue weighted by molar-refractivity contribution is 0.0920. The summed E-state index contributed by atoms with van der Waals surface area (Å²) in [6.45, 7) is 3.31. The highest BCUT2D eigenvalue weighted by atomic mass is 32.1. The van der Waals surface area contributed by atoms with Gasteiger partial charge in [-0.05, 0) is 61.1 Å². The fraction of sp³-hybridized carbons (Fsp3) is 0.222. The minimum Gasteiger partial charge on any atom is -0.457 e. The molecule has 37 heavy (non-hydrogen) atoms. The highest BCUT2D eigenvalue weighted by molar-refractivity contribution is 7.80. The van der Waals surface area contributed by atoms with Gasteiger partial charge >= 0.3 is 6.03 Å². The smallest absolute Gasteiger partial charge is 0.331 e. The summed E-state index contributed by atoms with van der Waals surface area (Å²) in [6.07, 6.45) is 2.51. The molecular weight excluding hydrogens is 508 g/mol. The topological polar surface area (TPSA) is 92.8 Å². The van der Waals surface area contributed by atoms with Gasteiger partial charge in [0.15, 0.2) is 0 Å². The first-order chi connectivity index (χ1) is 18.1. The zero-order valence-electron chi connectivity index (χ0n) is 20.2. The van der Waals surface area contributed by atoms with E-state index in [2.05, 4.69) is 28.2 Å². The summed E-state index contributed by atoms with van der Waals surface area (Å²) in [5.74, 6) is 1.90. The number of anilines is 3. The van der Waals surface area contributed by atoms with E-state index < -0.39 is 0 Å². The highest BCUT2D eigenvalue weighted by Crippen LogP contribution is 2.46. The average Bonchev–Trinajstić information content (AvgIpc) is 3.27. The maximum absolute atomic E-state index is 13.4. The molecule has 1 aliphatic heterocycles. The molecule has 3 heterocycles. The molecule has 0 aliphatic carbocycles. The first-order valence-corrected chi connectivity index (χ1v) is 13.3. The number of hydrogen-bond donors (Lipinski definition) is 3. The van der Waals surface area contributed by atoms with Crippen LogP contribution in [0.3, 0.4) is 0 Å². The van der Waals surface area contributed by atoms with E-state index in [4.69, 9.17) is 9.47 Å². The number of urea groups is 1. The molecule has 0 bridgehead atoms. The number of carbonyl (C=O) groups is 2. The third-order valence-corrected chi connectivity index (χ3v) is 7.23. The van der Waals surface area contributed by atoms with E-state index in [1.807, 2.05) is 55.5 Å². The zero-order valence-corrected chi connectivity index (χ0v) is 21.9. The summed E-state index contributed by atoms with van der Waals surface area (Å²) < 4.78 is 11.4. The Balaban J connectivity index is 1.40. The van der Waals surface area contributed by atoms with Crippen molar-refractivity contribution in [2.24, 2.45) is 0 Å². The van der Waals surface area contributed by atoms with Crippen LogP contribution in [0.15, 0.2) is 60.8 Å². The predicted octanol–water partition coefficient (Wildman–Crippen LogP) is 6.15. The minimum atomic E-state index is -0.345. The van der Waals surface area contributed by atoms with Gasteiger partial charge in [-0.3, -0.25) is 9.69 Å². The monoisotopic (exact) mass is 534 g/mol. The molecule has 8 nitrogen and oxygen atoms in total. The van der Waals surface area contributed by atoms with Crippen molar-refractivity contribution < 1.29 is 19.1 Å². The largest absolute Gasteiger partial charge is 0.457 e. The van der Waals surface area contributed by atoms with Gasteiger partial charge in [-0.25, -0.2) is 9.78 Å². The summed E-state index contributed by atoms with van der Waals surface area (Å²) in [7, 11) is 0. The van der Waals surface area contributed by atoms with Gasteiger partial charge in [-0.15, -0.1) is 11.3 Å². The maximum Gasteiger partial charge on any atom is 0.331 e. The average molecular weight is 535 g/mol. The first-order valence-electron chi connectivity index (χ1n) is 11.9. The molecule has 2 aromatic carbocycles. The number of hydrogen-bond acceptors (Lipinski definition) is 7. The zero-order chi connectivity index (χ0) is 25.8. The van der Waals surface area contributed by atoms with Crippen molar-refractivity contribution in [2.45, 2.75) is 13.3 Å². The number of nitrogens with one attached hydrogen (secondary N) is 2. The fourth-order valence-electron chi connectivity index (χ4n) is 4.14. The molecule has 2 aromatic heterocycles. The standard InChI is InChI=1S/C27H26N4O4S2/c1-17-16-19(35-18-6-3-2-4-7-18)8-9-20(17)31-21-10-11-29-26-22(21)23(30-27(31)33)24(37-26)25(32)28-12-14-34-13-5-15-36/h2-4,6-11,16,36H,5,12-15H2,1H3,(H,28,32)(H,30,33). The molecule has 0 unspecified atom stereocenters. The van der Waals surface area contributed by atoms with Gasteiger partial charge < -0.3 is 20.1 Å². The molecule has 0 fully saturated rings. The van der Waals surface area contributed by atoms with E-state index in [-0.39, 0.29) is 11.9 Å². The molecule has 0 saturated heterocycles. The number of thiophene rings is 1. The molecule has 0 spiro atoms. The van der Waals surface area contributed by atoms with Crippen LogP contribution in [-0.2, 0) is 4.74 Å². The van der Waals surface area contributed by atoms with E-state index in [1.54, 1.807) is 17.2 Å². The number of nitrogens with zero attached hydrogens (tertiary/aromatic N) is 2. The molecule has 3 amide bonds. The Morgan fingerprint density at radius 3 is 2.73 bits per heavy atom. The van der Waals surface area contributed by atoms with Crippen LogP contribution in [0.25, 0.3) is 10.2 Å². The SMILES string of the molecule is Cc1cc(Oc2ccccc2)ccc1N1C(=O)Nc2c(C(=O)NCCOCCCS)sc3nccc1c23. The van der Waals surface area contributed by atoms with Crippen LogP contribution in [0, 0.1) is 6.92 Å². The van der Waals surface area contributed by atoms with Crippen LogP contribution in [0.5, 0.6) is 11.5 Å². The number of benzene rings is 2. The molecule has 2 N–H and O–H groups in total. The Morgan fingerprint density at radius 2 is 1.95 bits per heavy atom. The number of aromatic nitrogens is 1. The molecule has 5 rings (SSSR count). The molecular formula is C27H26N4O4S2. The van der Waals surface area contributed by atoms with Crippen LogP contribution in [0.2, 0.25) is 0 Å². The molecule has 0 atom stereocenters. The lowest BCUT2D eigenvalue weighted by Crippen LogP contribution is -2.35. The van der Waals surface area contributed by atoms with Crippen molar-refractivity contribution in [3.63, 3.8) is 0 Å². The molecule has 10 heteroatoms. The van der Waals surface area contributed by atoms with Crippen LogP contribution < -0.4 is 20.3 Å². The Labute approximate surface area is 224 Å². The summed E-state index contributed by atoms with van der Waals surface area (Å²) >= 11 is 5.41. The van der Waals surface area contributed by atoms with Gasteiger partial charge in [0.2, 0.25) is 0 Å². The van der Waals surface area contributed by atoms with Gasteiger partial charge in [-0.1, -0.05) is 18.2 Å². The molecule has 4 aromatic rings. The summed E-state index contributed by atoms with van der Waals surface area (Å²) in [5, 5.41) is 6.54. The van der Waals surface area contributed by atoms with Crippen molar-refractivity contribution in [3.8, 4) is 11.5 Å². The molecule has 0 radical (unpaired) electrons. The first kappa shape index (κ1) is 25.1. The molecule has 190 valence electrons.